The van der Waals surface area contributed by atoms with E-state index < -0.39 is 17.4 Å². The van der Waals surface area contributed by atoms with Gasteiger partial charge in [0, 0.05) is 18.2 Å². The first kappa shape index (κ1) is 16.1. The van der Waals surface area contributed by atoms with Crippen molar-refractivity contribution in [2.45, 2.75) is 26.4 Å². The topological polar surface area (TPSA) is 44.0 Å². The number of Topliss-reactive ketones (excluding diaryl/α,β-unsaturated/α-hetero) is 1. The van der Waals surface area contributed by atoms with Gasteiger partial charge in [0.2, 0.25) is 0 Å². The fourth-order valence-corrected chi connectivity index (χ4v) is 2.81. The number of hydrogen-bond donors (Lipinski definition) is 0. The molecule has 1 heterocycles. The number of imidazole rings is 1. The van der Waals surface area contributed by atoms with Crippen molar-refractivity contribution in [1.29, 1.82) is 0 Å². The molecule has 124 valence electrons. The molecule has 6 heteroatoms. The SMILES string of the molecule is CCCn1c(=O)n(CC(=O)c2cc(F)cc(F)c2)c2ccccc21. The number of benzene rings is 2. The molecule has 0 radical (unpaired) electrons. The highest BCUT2D eigenvalue weighted by atomic mass is 19.1. The van der Waals surface area contributed by atoms with Crippen molar-refractivity contribution in [3.8, 4) is 0 Å². The average molecular weight is 330 g/mol. The number of para-hydroxylation sites is 2. The Labute approximate surface area is 136 Å². The van der Waals surface area contributed by atoms with Gasteiger partial charge < -0.3 is 0 Å². The monoisotopic (exact) mass is 330 g/mol. The van der Waals surface area contributed by atoms with Gasteiger partial charge in [0.1, 0.15) is 11.6 Å². The summed E-state index contributed by atoms with van der Waals surface area (Å²) in [6.45, 7) is 2.23. The zero-order valence-corrected chi connectivity index (χ0v) is 13.1. The third-order valence-corrected chi connectivity index (χ3v) is 3.86. The highest BCUT2D eigenvalue weighted by Crippen LogP contribution is 2.15. The number of nitrogens with zero attached hydrogens (tertiary/aromatic N) is 2. The minimum atomic E-state index is -0.820. The van der Waals surface area contributed by atoms with Gasteiger partial charge in [-0.15, -0.1) is 0 Å². The van der Waals surface area contributed by atoms with Crippen LogP contribution in [-0.4, -0.2) is 14.9 Å². The maximum absolute atomic E-state index is 13.3. The fraction of sp³-hybridized carbons (Fsp3) is 0.222. The summed E-state index contributed by atoms with van der Waals surface area (Å²) >= 11 is 0. The van der Waals surface area contributed by atoms with Crippen LogP contribution in [-0.2, 0) is 13.1 Å². The number of carbonyl (C=O) groups is 1. The number of carbonyl (C=O) groups excluding carboxylic acids is 1. The normalized spacial score (nSPS) is 11.1. The minimum absolute atomic E-state index is 0.0910. The Morgan fingerprint density at radius 3 is 2.17 bits per heavy atom. The Hall–Kier alpha value is -2.76. The number of hydrogen-bond acceptors (Lipinski definition) is 2. The molecule has 4 nitrogen and oxygen atoms in total. The predicted octanol–water partition coefficient (Wildman–Crippen LogP) is 3.37. The van der Waals surface area contributed by atoms with E-state index in [0.717, 1.165) is 24.1 Å². The lowest BCUT2D eigenvalue weighted by atomic mass is 10.1. The van der Waals surface area contributed by atoms with E-state index >= 15 is 0 Å². The first-order valence-corrected chi connectivity index (χ1v) is 7.68. The molecule has 3 rings (SSSR count). The Morgan fingerprint density at radius 2 is 1.58 bits per heavy atom. The molecule has 0 aliphatic heterocycles. The number of ketones is 1. The number of halogens is 2. The van der Waals surface area contributed by atoms with Gasteiger partial charge in [-0.3, -0.25) is 13.9 Å². The zero-order valence-electron chi connectivity index (χ0n) is 13.1. The molecule has 24 heavy (non-hydrogen) atoms. The van der Waals surface area contributed by atoms with Crippen LogP contribution in [0.5, 0.6) is 0 Å². The zero-order chi connectivity index (χ0) is 17.3. The molecule has 0 saturated heterocycles. The highest BCUT2D eigenvalue weighted by molar-refractivity contribution is 5.96. The van der Waals surface area contributed by atoms with Gasteiger partial charge >= 0.3 is 5.69 Å². The van der Waals surface area contributed by atoms with Crippen molar-refractivity contribution >= 4 is 16.8 Å². The van der Waals surface area contributed by atoms with Gasteiger partial charge in [-0.2, -0.15) is 0 Å². The molecule has 0 bridgehead atoms. The van der Waals surface area contributed by atoms with Crippen LogP contribution >= 0.6 is 0 Å². The molecule has 2 aromatic carbocycles. The van der Waals surface area contributed by atoms with Gasteiger partial charge in [-0.25, -0.2) is 13.6 Å². The second kappa shape index (κ2) is 6.39. The molecule has 0 fully saturated rings. The first-order chi connectivity index (χ1) is 11.5. The lowest BCUT2D eigenvalue weighted by molar-refractivity contribution is 0.0971. The minimum Gasteiger partial charge on any atom is -0.292 e. The molecule has 0 N–H and O–H groups in total. The third-order valence-electron chi connectivity index (χ3n) is 3.86. The van der Waals surface area contributed by atoms with E-state index in [1.54, 1.807) is 16.7 Å². The van der Waals surface area contributed by atoms with Crippen molar-refractivity contribution in [3.05, 3.63) is 70.1 Å². The van der Waals surface area contributed by atoms with E-state index in [9.17, 15) is 18.4 Å². The summed E-state index contributed by atoms with van der Waals surface area (Å²) in [5.74, 6) is -2.16. The summed E-state index contributed by atoms with van der Waals surface area (Å²) in [6.07, 6.45) is 0.775. The van der Waals surface area contributed by atoms with Crippen LogP contribution < -0.4 is 5.69 Å². The molecule has 0 aliphatic rings. The molecule has 0 spiro atoms. The van der Waals surface area contributed by atoms with E-state index in [0.29, 0.717) is 18.1 Å². The van der Waals surface area contributed by atoms with Crippen LogP contribution in [0, 0.1) is 11.6 Å². The molecular weight excluding hydrogens is 314 g/mol. The van der Waals surface area contributed by atoms with E-state index in [2.05, 4.69) is 0 Å². The van der Waals surface area contributed by atoms with Crippen LogP contribution in [0.15, 0.2) is 47.3 Å². The standard InChI is InChI=1S/C18H16F2N2O2/c1-2-7-21-15-5-3-4-6-16(15)22(18(21)24)11-17(23)12-8-13(19)10-14(20)9-12/h3-6,8-10H,2,7,11H2,1H3. The Balaban J connectivity index is 2.05. The van der Waals surface area contributed by atoms with Crippen LogP contribution in [0.25, 0.3) is 11.0 Å². The molecular formula is C18H16F2N2O2. The molecule has 1 aromatic heterocycles. The van der Waals surface area contributed by atoms with Crippen molar-refractivity contribution in [1.82, 2.24) is 9.13 Å². The Kier molecular flexibility index (Phi) is 4.29. The summed E-state index contributed by atoms with van der Waals surface area (Å²) in [4.78, 5) is 25.0. The third kappa shape index (κ3) is 2.87. The van der Waals surface area contributed by atoms with Crippen LogP contribution in [0.4, 0.5) is 8.78 Å². The molecule has 0 saturated carbocycles. The fourth-order valence-electron chi connectivity index (χ4n) is 2.81. The van der Waals surface area contributed by atoms with Crippen molar-refractivity contribution in [2.75, 3.05) is 0 Å². The van der Waals surface area contributed by atoms with Crippen LogP contribution in [0.3, 0.4) is 0 Å². The van der Waals surface area contributed by atoms with Gasteiger partial charge in [-0.1, -0.05) is 19.1 Å². The van der Waals surface area contributed by atoms with Crippen molar-refractivity contribution in [2.24, 2.45) is 0 Å². The molecule has 0 unspecified atom stereocenters. The van der Waals surface area contributed by atoms with E-state index in [1.807, 2.05) is 19.1 Å². The molecule has 0 amide bonds. The quantitative estimate of drug-likeness (QED) is 0.673. The smallest absolute Gasteiger partial charge is 0.292 e. The maximum atomic E-state index is 13.3. The van der Waals surface area contributed by atoms with Gasteiger partial charge in [0.25, 0.3) is 0 Å². The van der Waals surface area contributed by atoms with E-state index in [-0.39, 0.29) is 17.8 Å². The maximum Gasteiger partial charge on any atom is 0.329 e. The predicted molar refractivity (Wildman–Crippen MR) is 87.2 cm³/mol. The second-order valence-electron chi connectivity index (χ2n) is 5.59. The van der Waals surface area contributed by atoms with Gasteiger partial charge in [0.05, 0.1) is 17.6 Å². The second-order valence-corrected chi connectivity index (χ2v) is 5.59. The van der Waals surface area contributed by atoms with Gasteiger partial charge in [0.15, 0.2) is 5.78 Å². The number of aryl methyl sites for hydroxylation is 1. The van der Waals surface area contributed by atoms with Gasteiger partial charge in [-0.05, 0) is 30.7 Å². The van der Waals surface area contributed by atoms with E-state index in [4.69, 9.17) is 0 Å². The summed E-state index contributed by atoms with van der Waals surface area (Å²) in [6, 6.07) is 9.82. The summed E-state index contributed by atoms with van der Waals surface area (Å²) in [5.41, 5.74) is 0.971. The van der Waals surface area contributed by atoms with Crippen molar-refractivity contribution in [3.63, 3.8) is 0 Å². The Morgan fingerprint density at radius 1 is 1.00 bits per heavy atom. The molecule has 0 atom stereocenters. The highest BCUT2D eigenvalue weighted by Gasteiger charge is 2.16. The average Bonchev–Trinajstić information content (AvgIpc) is 2.80. The first-order valence-electron chi connectivity index (χ1n) is 7.68. The number of rotatable bonds is 5. The molecule has 0 aliphatic carbocycles. The van der Waals surface area contributed by atoms with E-state index in [1.165, 1.54) is 4.57 Å². The summed E-state index contributed by atoms with van der Waals surface area (Å²) in [5, 5.41) is 0. The lowest BCUT2D eigenvalue weighted by Crippen LogP contribution is -2.27. The Bertz CT molecular complexity index is 953. The van der Waals surface area contributed by atoms with Crippen LogP contribution in [0.2, 0.25) is 0 Å². The molecule has 3 aromatic rings. The number of fused-ring (bicyclic) bond motifs is 1. The van der Waals surface area contributed by atoms with Crippen molar-refractivity contribution < 1.29 is 13.6 Å². The largest absolute Gasteiger partial charge is 0.329 e. The summed E-state index contributed by atoms with van der Waals surface area (Å²) in [7, 11) is 0. The van der Waals surface area contributed by atoms with Crippen LogP contribution in [0.1, 0.15) is 23.7 Å². The summed E-state index contributed by atoms with van der Waals surface area (Å²) < 4.78 is 29.5. The number of aromatic nitrogens is 2. The lowest BCUT2D eigenvalue weighted by Gasteiger charge is -2.04.